The van der Waals surface area contributed by atoms with Crippen LogP contribution in [0.2, 0.25) is 0 Å². The van der Waals surface area contributed by atoms with Gasteiger partial charge in [-0.1, -0.05) is 12.1 Å². The van der Waals surface area contributed by atoms with Gasteiger partial charge < -0.3 is 20.1 Å². The third-order valence-electron chi connectivity index (χ3n) is 7.47. The summed E-state index contributed by atoms with van der Waals surface area (Å²) in [6, 6.07) is 8.59. The lowest BCUT2D eigenvalue weighted by Crippen LogP contribution is -2.36. The highest BCUT2D eigenvalue weighted by Gasteiger charge is 2.30. The van der Waals surface area contributed by atoms with Gasteiger partial charge in [0.2, 0.25) is 5.91 Å². The number of hydrogen-bond donors (Lipinski definition) is 1. The Morgan fingerprint density at radius 1 is 1.24 bits per heavy atom. The van der Waals surface area contributed by atoms with Crippen molar-refractivity contribution in [3.8, 4) is 16.2 Å². The Balaban J connectivity index is 1.27. The summed E-state index contributed by atoms with van der Waals surface area (Å²) in [5.74, 6) is 1.53. The zero-order valence-corrected chi connectivity index (χ0v) is 22.5. The molecule has 2 aliphatic rings. The number of fused-ring (bicyclic) bond motifs is 2. The van der Waals surface area contributed by atoms with Crippen molar-refractivity contribution in [2.24, 2.45) is 0 Å². The van der Waals surface area contributed by atoms with Gasteiger partial charge in [0.05, 0.1) is 25.0 Å². The third-order valence-corrected chi connectivity index (χ3v) is 8.67. The first kappa shape index (κ1) is 24.8. The Morgan fingerprint density at radius 2 is 2.08 bits per heavy atom. The number of aromatic nitrogens is 3. The van der Waals surface area contributed by atoms with Gasteiger partial charge in [-0.25, -0.2) is 9.50 Å². The molecular weight excluding hydrogens is 500 g/mol. The molecule has 0 spiro atoms. The van der Waals surface area contributed by atoms with Crippen molar-refractivity contribution in [1.29, 1.82) is 0 Å². The van der Waals surface area contributed by atoms with E-state index in [1.165, 1.54) is 6.33 Å². The van der Waals surface area contributed by atoms with Crippen LogP contribution in [0.25, 0.3) is 26.0 Å². The van der Waals surface area contributed by atoms with Crippen LogP contribution in [-0.4, -0.2) is 83.4 Å². The molecule has 38 heavy (non-hydrogen) atoms. The van der Waals surface area contributed by atoms with E-state index in [1.54, 1.807) is 24.5 Å². The molecule has 9 nitrogen and oxygen atoms in total. The van der Waals surface area contributed by atoms with E-state index in [-0.39, 0.29) is 11.8 Å². The first-order chi connectivity index (χ1) is 18.5. The Bertz CT molecular complexity index is 1520. The number of hydrogen-bond acceptors (Lipinski definition) is 8. The normalized spacial score (nSPS) is 18.8. The lowest BCUT2D eigenvalue weighted by Gasteiger charge is -2.25. The molecule has 3 aromatic heterocycles. The van der Waals surface area contributed by atoms with Crippen LogP contribution in [0.4, 0.5) is 5.82 Å². The number of likely N-dealkylation sites (tertiary alicyclic amines) is 1. The quantitative estimate of drug-likeness (QED) is 0.378. The van der Waals surface area contributed by atoms with Crippen molar-refractivity contribution >= 4 is 38.7 Å². The van der Waals surface area contributed by atoms with Crippen molar-refractivity contribution in [1.82, 2.24) is 24.4 Å². The standard InChI is InChI=1S/C28H32N6O3S/c1-18-12-20-14-24(38-27(20)23(13-18)36-2)21-15-22(34-26(21)28(29)30-17-31-34)19-5-7-33(16-19)25(35)4-3-6-32-8-10-37-11-9-32/h3-4,12-15,17,19H,5-11,16H2,1-2H3,(H2,29,30,31)/b4-3+/t19-/m0/s1. The molecule has 10 heteroatoms. The number of aryl methyl sites for hydroxylation is 1. The number of ether oxygens (including phenoxy) is 2. The zero-order chi connectivity index (χ0) is 26.2. The molecule has 4 aromatic rings. The molecule has 0 aliphatic carbocycles. The lowest BCUT2D eigenvalue weighted by molar-refractivity contribution is -0.125. The lowest BCUT2D eigenvalue weighted by atomic mass is 10.0. The van der Waals surface area contributed by atoms with Gasteiger partial charge in [0.25, 0.3) is 0 Å². The van der Waals surface area contributed by atoms with Crippen molar-refractivity contribution in [2.45, 2.75) is 19.3 Å². The molecule has 1 amide bonds. The Morgan fingerprint density at radius 3 is 2.89 bits per heavy atom. The molecule has 1 aromatic carbocycles. The van der Waals surface area contributed by atoms with Gasteiger partial charge in [-0.15, -0.1) is 11.3 Å². The highest BCUT2D eigenvalue weighted by molar-refractivity contribution is 7.22. The van der Waals surface area contributed by atoms with Gasteiger partial charge in [0.1, 0.15) is 17.6 Å². The van der Waals surface area contributed by atoms with Gasteiger partial charge in [-0.05, 0) is 42.5 Å². The minimum atomic E-state index is 0.0583. The number of thiophene rings is 1. The van der Waals surface area contributed by atoms with Crippen LogP contribution in [0.5, 0.6) is 5.75 Å². The van der Waals surface area contributed by atoms with Gasteiger partial charge in [0, 0.05) is 60.9 Å². The second-order valence-corrected chi connectivity index (χ2v) is 11.0. The second-order valence-electron chi connectivity index (χ2n) is 9.97. The Hall–Kier alpha value is -3.47. The SMILES string of the molecule is COc1cc(C)cc2cc(-c3cc([C@H]4CCN(C(=O)/C=C/CN5CCOCC5)C4)n4ncnc(N)c34)sc12. The predicted octanol–water partition coefficient (Wildman–Crippen LogP) is 3.71. The van der Waals surface area contributed by atoms with Crippen molar-refractivity contribution in [3.05, 3.63) is 54.0 Å². The maximum atomic E-state index is 12.9. The highest BCUT2D eigenvalue weighted by atomic mass is 32.1. The summed E-state index contributed by atoms with van der Waals surface area (Å²) in [5.41, 5.74) is 10.4. The number of benzene rings is 1. The molecule has 2 saturated heterocycles. The molecule has 6 rings (SSSR count). The number of anilines is 1. The fraction of sp³-hybridized carbons (Fsp3) is 0.393. The van der Waals surface area contributed by atoms with E-state index in [2.05, 4.69) is 46.2 Å². The summed E-state index contributed by atoms with van der Waals surface area (Å²) in [7, 11) is 1.70. The van der Waals surface area contributed by atoms with E-state index >= 15 is 0 Å². The zero-order valence-electron chi connectivity index (χ0n) is 21.7. The number of methoxy groups -OCH3 is 1. The van der Waals surface area contributed by atoms with Gasteiger partial charge in [-0.3, -0.25) is 9.69 Å². The second kappa shape index (κ2) is 10.4. The van der Waals surface area contributed by atoms with Crippen molar-refractivity contribution in [2.75, 3.05) is 58.8 Å². The number of carbonyl (C=O) groups excluding carboxylic acids is 1. The van der Waals surface area contributed by atoms with Crippen LogP contribution >= 0.6 is 11.3 Å². The molecular formula is C28H32N6O3S. The van der Waals surface area contributed by atoms with Crippen molar-refractivity contribution in [3.63, 3.8) is 0 Å². The number of morpholine rings is 1. The number of nitrogens with two attached hydrogens (primary N) is 1. The topological polar surface area (TPSA) is 98.2 Å². The third kappa shape index (κ3) is 4.63. The summed E-state index contributed by atoms with van der Waals surface area (Å²) in [5, 5.41) is 5.72. The van der Waals surface area contributed by atoms with Crippen LogP contribution in [-0.2, 0) is 9.53 Å². The fourth-order valence-electron chi connectivity index (χ4n) is 5.51. The van der Waals surface area contributed by atoms with Crippen LogP contribution in [0.1, 0.15) is 23.6 Å². The van der Waals surface area contributed by atoms with E-state index in [0.29, 0.717) is 18.9 Å². The predicted molar refractivity (Wildman–Crippen MR) is 150 cm³/mol. The fourth-order valence-corrected chi connectivity index (χ4v) is 6.66. The number of nitrogens with zero attached hydrogens (tertiary/aromatic N) is 5. The van der Waals surface area contributed by atoms with Crippen LogP contribution in [0.15, 0.2) is 42.7 Å². The average molecular weight is 533 g/mol. The van der Waals surface area contributed by atoms with Gasteiger partial charge in [-0.2, -0.15) is 5.10 Å². The summed E-state index contributed by atoms with van der Waals surface area (Å²) in [6.45, 7) is 7.54. The van der Waals surface area contributed by atoms with E-state index in [4.69, 9.17) is 15.2 Å². The molecule has 2 fully saturated rings. The van der Waals surface area contributed by atoms with Gasteiger partial charge in [0.15, 0.2) is 5.82 Å². The van der Waals surface area contributed by atoms with E-state index in [0.717, 1.165) is 82.3 Å². The Kier molecular flexibility index (Phi) is 6.77. The molecule has 0 saturated carbocycles. The molecule has 0 unspecified atom stereocenters. The molecule has 2 aliphatic heterocycles. The van der Waals surface area contributed by atoms with Crippen LogP contribution in [0, 0.1) is 6.92 Å². The van der Waals surface area contributed by atoms with Gasteiger partial charge >= 0.3 is 0 Å². The maximum Gasteiger partial charge on any atom is 0.246 e. The average Bonchev–Trinajstić information content (AvgIpc) is 3.66. The number of amides is 1. The smallest absolute Gasteiger partial charge is 0.246 e. The number of rotatable bonds is 6. The summed E-state index contributed by atoms with van der Waals surface area (Å²) < 4.78 is 14.1. The molecule has 198 valence electrons. The maximum absolute atomic E-state index is 12.9. The first-order valence-electron chi connectivity index (χ1n) is 13.0. The largest absolute Gasteiger partial charge is 0.495 e. The summed E-state index contributed by atoms with van der Waals surface area (Å²) in [6.07, 6.45) is 6.06. The highest BCUT2D eigenvalue weighted by Crippen LogP contribution is 2.43. The molecule has 1 atom stereocenters. The monoisotopic (exact) mass is 532 g/mol. The van der Waals surface area contributed by atoms with Crippen molar-refractivity contribution < 1.29 is 14.3 Å². The minimum absolute atomic E-state index is 0.0583. The molecule has 0 bridgehead atoms. The Labute approximate surface area is 225 Å². The minimum Gasteiger partial charge on any atom is -0.495 e. The number of nitrogen functional groups attached to an aromatic ring is 1. The summed E-state index contributed by atoms with van der Waals surface area (Å²) >= 11 is 1.68. The van der Waals surface area contributed by atoms with E-state index in [9.17, 15) is 4.79 Å². The number of carbonyl (C=O) groups is 1. The van der Waals surface area contributed by atoms with Crippen LogP contribution < -0.4 is 10.5 Å². The van der Waals surface area contributed by atoms with E-state index in [1.807, 2.05) is 15.5 Å². The molecule has 5 heterocycles. The molecule has 2 N–H and O–H groups in total. The first-order valence-corrected chi connectivity index (χ1v) is 13.8. The van der Waals surface area contributed by atoms with E-state index < -0.39 is 0 Å². The van der Waals surface area contributed by atoms with Crippen LogP contribution in [0.3, 0.4) is 0 Å². The summed E-state index contributed by atoms with van der Waals surface area (Å²) in [4.78, 5) is 22.5. The molecule has 0 radical (unpaired) electrons.